The van der Waals surface area contributed by atoms with Crippen molar-refractivity contribution in [1.82, 2.24) is 14.8 Å². The van der Waals surface area contributed by atoms with Crippen molar-refractivity contribution in [3.05, 3.63) is 69.9 Å². The lowest BCUT2D eigenvalue weighted by Gasteiger charge is -2.32. The van der Waals surface area contributed by atoms with Crippen molar-refractivity contribution in [1.29, 1.82) is 0 Å². The predicted molar refractivity (Wildman–Crippen MR) is 142 cm³/mol. The molecule has 0 saturated carbocycles. The summed E-state index contributed by atoms with van der Waals surface area (Å²) in [5.74, 6) is 3.00. The van der Waals surface area contributed by atoms with E-state index in [0.29, 0.717) is 47.3 Å². The highest BCUT2D eigenvalue weighted by molar-refractivity contribution is 7.99. The Morgan fingerprint density at radius 1 is 1.14 bits per heavy atom. The lowest BCUT2D eigenvalue weighted by atomic mass is 9.85. The molecule has 0 bridgehead atoms. The van der Waals surface area contributed by atoms with Crippen molar-refractivity contribution >= 4 is 35.1 Å². The van der Waals surface area contributed by atoms with Crippen LogP contribution in [0.2, 0.25) is 5.02 Å². The van der Waals surface area contributed by atoms with E-state index in [2.05, 4.69) is 12.2 Å². The van der Waals surface area contributed by atoms with Crippen LogP contribution in [-0.4, -0.2) is 32.9 Å². The fourth-order valence-electron chi connectivity index (χ4n) is 4.55. The average Bonchev–Trinajstić information content (AvgIpc) is 3.29. The van der Waals surface area contributed by atoms with Gasteiger partial charge in [-0.3, -0.25) is 4.79 Å². The van der Waals surface area contributed by atoms with Gasteiger partial charge in [0.05, 0.1) is 6.61 Å². The van der Waals surface area contributed by atoms with Gasteiger partial charge in [0.15, 0.2) is 17.3 Å². The van der Waals surface area contributed by atoms with E-state index in [9.17, 15) is 4.79 Å². The molecule has 3 aromatic rings. The molecule has 0 fully saturated rings. The zero-order valence-corrected chi connectivity index (χ0v) is 22.0. The van der Waals surface area contributed by atoms with E-state index in [0.717, 1.165) is 47.4 Å². The summed E-state index contributed by atoms with van der Waals surface area (Å²) in [5, 5.41) is 9.54. The molecule has 1 atom stereocenters. The highest BCUT2D eigenvalue weighted by Gasteiger charge is 2.37. The van der Waals surface area contributed by atoms with Crippen LogP contribution in [0.5, 0.6) is 11.5 Å². The van der Waals surface area contributed by atoms with Crippen LogP contribution < -0.4 is 14.8 Å². The molecule has 0 spiro atoms. The Kier molecular flexibility index (Phi) is 7.53. The third-order valence-electron chi connectivity index (χ3n) is 6.21. The maximum Gasteiger partial charge on any atom is 0.227 e. The highest BCUT2D eigenvalue weighted by atomic mass is 35.5. The van der Waals surface area contributed by atoms with Gasteiger partial charge < -0.3 is 14.8 Å². The molecule has 1 aliphatic carbocycles. The van der Waals surface area contributed by atoms with E-state index < -0.39 is 0 Å². The van der Waals surface area contributed by atoms with Crippen LogP contribution in [-0.2, 0) is 11.4 Å². The summed E-state index contributed by atoms with van der Waals surface area (Å²) in [5.41, 5.74) is 3.51. The Morgan fingerprint density at radius 2 is 2.00 bits per heavy atom. The summed E-state index contributed by atoms with van der Waals surface area (Å²) < 4.78 is 13.9. The first-order valence-electron chi connectivity index (χ1n) is 12.3. The van der Waals surface area contributed by atoms with Gasteiger partial charge in [0.1, 0.15) is 12.6 Å². The molecule has 2 heterocycles. The maximum absolute atomic E-state index is 13.1. The van der Waals surface area contributed by atoms with Gasteiger partial charge in [-0.25, -0.2) is 4.68 Å². The predicted octanol–water partition coefficient (Wildman–Crippen LogP) is 6.43. The largest absolute Gasteiger partial charge is 0.490 e. The number of aromatic nitrogens is 3. The summed E-state index contributed by atoms with van der Waals surface area (Å²) in [7, 11) is 0. The minimum absolute atomic E-state index is 0.148. The Morgan fingerprint density at radius 3 is 2.81 bits per heavy atom. The zero-order valence-electron chi connectivity index (χ0n) is 20.4. The van der Waals surface area contributed by atoms with Crippen LogP contribution in [0.1, 0.15) is 56.7 Å². The van der Waals surface area contributed by atoms with Crippen LogP contribution in [0, 0.1) is 0 Å². The van der Waals surface area contributed by atoms with Gasteiger partial charge in [-0.2, -0.15) is 4.98 Å². The molecule has 1 aromatic heterocycles. The number of rotatable bonds is 9. The molecule has 1 N–H and O–H groups in total. The highest BCUT2D eigenvalue weighted by Crippen LogP contribution is 2.42. The lowest BCUT2D eigenvalue weighted by Crippen LogP contribution is -2.31. The topological polar surface area (TPSA) is 78.3 Å². The van der Waals surface area contributed by atoms with Gasteiger partial charge in [0, 0.05) is 34.0 Å². The smallest absolute Gasteiger partial charge is 0.227 e. The number of carbonyl (C=O) groups is 1. The van der Waals surface area contributed by atoms with Gasteiger partial charge in [-0.15, -0.1) is 5.10 Å². The van der Waals surface area contributed by atoms with Gasteiger partial charge in [-0.05, 0) is 49.9 Å². The molecular formula is C27H29ClN4O3S. The SMILES string of the molecule is CCCSc1nc2n(n1)C(c1ccc(OCc3ccccc3Cl)c(OCC)c1)C1=C(CCCC1=O)N2. The third kappa shape index (κ3) is 4.97. The molecule has 0 saturated heterocycles. The standard InChI is InChI=1S/C27H29ClN4O3S/c1-3-14-36-27-30-26-29-20-10-7-11-21(33)24(20)25(32(26)31-27)17-12-13-22(23(15-17)34-4-2)35-16-18-8-5-6-9-19(18)28/h5-6,8-9,12-13,15,25H,3-4,7,10-11,14,16H2,1-2H3,(H,29,30,31). The molecule has 1 unspecified atom stereocenters. The number of halogens is 1. The van der Waals surface area contributed by atoms with Crippen LogP contribution in [0.15, 0.2) is 58.9 Å². The molecule has 1 aliphatic heterocycles. The molecule has 2 aliphatic rings. The number of hydrogen-bond donors (Lipinski definition) is 1. The van der Waals surface area contributed by atoms with E-state index in [1.165, 1.54) is 0 Å². The Bertz CT molecular complexity index is 1310. The number of benzene rings is 2. The fraction of sp³-hybridized carbons (Fsp3) is 0.370. The van der Waals surface area contributed by atoms with Crippen molar-refractivity contribution in [2.24, 2.45) is 0 Å². The number of allylic oxidation sites excluding steroid dienone is 2. The first kappa shape index (κ1) is 24.7. The Balaban J connectivity index is 1.52. The quantitative estimate of drug-likeness (QED) is 0.323. The number of carbonyl (C=O) groups excluding carboxylic acids is 1. The lowest BCUT2D eigenvalue weighted by molar-refractivity contribution is -0.116. The first-order chi connectivity index (χ1) is 17.6. The second-order valence-electron chi connectivity index (χ2n) is 8.73. The molecule has 0 radical (unpaired) electrons. The molecule has 0 amide bonds. The second kappa shape index (κ2) is 11.0. The molecule has 2 aromatic carbocycles. The molecule has 9 heteroatoms. The van der Waals surface area contributed by atoms with E-state index in [-0.39, 0.29) is 11.8 Å². The van der Waals surface area contributed by atoms with E-state index in [4.69, 9.17) is 31.2 Å². The van der Waals surface area contributed by atoms with E-state index >= 15 is 0 Å². The number of nitrogens with zero attached hydrogens (tertiary/aromatic N) is 3. The number of ether oxygens (including phenoxy) is 2. The normalized spacial score (nSPS) is 16.9. The molecule has 5 rings (SSSR count). The Labute approximate surface area is 220 Å². The Hall–Kier alpha value is -2.97. The number of ketones is 1. The summed E-state index contributed by atoms with van der Waals surface area (Å²) in [6, 6.07) is 13.1. The minimum atomic E-state index is -0.371. The van der Waals surface area contributed by atoms with Crippen LogP contribution in [0.4, 0.5) is 5.95 Å². The number of nitrogens with one attached hydrogen (secondary N) is 1. The maximum atomic E-state index is 13.1. The van der Waals surface area contributed by atoms with Gasteiger partial charge in [0.25, 0.3) is 0 Å². The fourth-order valence-corrected chi connectivity index (χ4v) is 5.43. The number of anilines is 1. The van der Waals surface area contributed by atoms with E-state index in [1.54, 1.807) is 11.8 Å². The monoisotopic (exact) mass is 524 g/mol. The summed E-state index contributed by atoms with van der Waals surface area (Å²) in [6.45, 7) is 4.88. The number of hydrogen-bond acceptors (Lipinski definition) is 7. The number of Topliss-reactive ketones (excluding diaryl/α,β-unsaturated/α-hetero) is 1. The van der Waals surface area contributed by atoms with Gasteiger partial charge >= 0.3 is 0 Å². The van der Waals surface area contributed by atoms with Crippen molar-refractivity contribution in [3.63, 3.8) is 0 Å². The second-order valence-corrected chi connectivity index (χ2v) is 10.2. The molecule has 36 heavy (non-hydrogen) atoms. The van der Waals surface area contributed by atoms with Crippen molar-refractivity contribution in [2.75, 3.05) is 17.7 Å². The van der Waals surface area contributed by atoms with Crippen LogP contribution in [0.25, 0.3) is 0 Å². The minimum Gasteiger partial charge on any atom is -0.490 e. The van der Waals surface area contributed by atoms with Crippen LogP contribution in [0.3, 0.4) is 0 Å². The number of thioether (sulfide) groups is 1. The van der Waals surface area contributed by atoms with Gasteiger partial charge in [0.2, 0.25) is 11.1 Å². The van der Waals surface area contributed by atoms with Crippen molar-refractivity contribution in [2.45, 2.75) is 57.3 Å². The summed E-state index contributed by atoms with van der Waals surface area (Å²) >= 11 is 7.93. The number of fused-ring (bicyclic) bond motifs is 1. The van der Waals surface area contributed by atoms with Gasteiger partial charge in [-0.1, -0.05) is 54.6 Å². The average molecular weight is 525 g/mol. The van der Waals surface area contributed by atoms with E-state index in [1.807, 2.05) is 54.1 Å². The third-order valence-corrected chi connectivity index (χ3v) is 7.62. The molecular weight excluding hydrogens is 496 g/mol. The summed E-state index contributed by atoms with van der Waals surface area (Å²) in [4.78, 5) is 17.9. The van der Waals surface area contributed by atoms with Crippen LogP contribution >= 0.6 is 23.4 Å². The van der Waals surface area contributed by atoms with Crippen molar-refractivity contribution < 1.29 is 14.3 Å². The molecule has 7 nitrogen and oxygen atoms in total. The zero-order chi connectivity index (χ0) is 25.1. The summed E-state index contributed by atoms with van der Waals surface area (Å²) in [6.07, 6.45) is 3.23. The van der Waals surface area contributed by atoms with Crippen molar-refractivity contribution in [3.8, 4) is 11.5 Å². The first-order valence-corrected chi connectivity index (χ1v) is 13.7. The molecule has 188 valence electrons.